The number of aliphatic hydroxyl groups excluding tert-OH is 1. The summed E-state index contributed by atoms with van der Waals surface area (Å²) in [5, 5.41) is 9.62. The number of fused-ring (bicyclic) bond motifs is 1. The number of rotatable bonds is 4. The fourth-order valence-electron chi connectivity index (χ4n) is 2.41. The molecule has 0 bridgehead atoms. The van der Waals surface area contributed by atoms with Crippen LogP contribution in [0.15, 0.2) is 48.7 Å². The molecule has 0 aliphatic heterocycles. The fraction of sp³-hybridized carbons (Fsp3) is 0.235. The molecule has 108 valence electrons. The summed E-state index contributed by atoms with van der Waals surface area (Å²) >= 11 is 0. The van der Waals surface area contributed by atoms with Crippen molar-refractivity contribution in [1.29, 1.82) is 0 Å². The summed E-state index contributed by atoms with van der Waals surface area (Å²) in [7, 11) is 0. The number of nitrogens with zero attached hydrogens (tertiary/aromatic N) is 2. The minimum absolute atomic E-state index is 0.121. The second kappa shape index (κ2) is 5.58. The zero-order valence-electron chi connectivity index (χ0n) is 12.2. The van der Waals surface area contributed by atoms with E-state index in [1.54, 1.807) is 0 Å². The molecular weight excluding hydrogens is 264 g/mol. The summed E-state index contributed by atoms with van der Waals surface area (Å²) in [6, 6.07) is 13.6. The molecule has 0 aliphatic rings. The van der Waals surface area contributed by atoms with Crippen LogP contribution < -0.4 is 4.74 Å². The highest BCUT2D eigenvalue weighted by Gasteiger charge is 2.15. The predicted molar refractivity (Wildman–Crippen MR) is 81.7 cm³/mol. The third kappa shape index (κ3) is 2.50. The standard InChI is InChI=1S/C17H18N2O2/c1-12(2)13-7-3-4-8-15(13)21-17-14(11-20)19-10-6-5-9-16(19)18-17/h3-10,12,20H,11H2,1-2H3. The normalized spacial score (nSPS) is 11.2. The highest BCUT2D eigenvalue weighted by Crippen LogP contribution is 2.31. The third-order valence-electron chi connectivity index (χ3n) is 3.49. The first-order valence-corrected chi connectivity index (χ1v) is 7.04. The van der Waals surface area contributed by atoms with Crippen molar-refractivity contribution >= 4 is 5.65 Å². The second-order valence-corrected chi connectivity index (χ2v) is 5.25. The van der Waals surface area contributed by atoms with E-state index in [1.165, 1.54) is 0 Å². The molecule has 3 rings (SSSR count). The van der Waals surface area contributed by atoms with Crippen LogP contribution in [-0.2, 0) is 6.61 Å². The van der Waals surface area contributed by atoms with E-state index in [-0.39, 0.29) is 6.61 Å². The van der Waals surface area contributed by atoms with Gasteiger partial charge in [0.15, 0.2) is 0 Å². The Hall–Kier alpha value is -2.33. The lowest BCUT2D eigenvalue weighted by molar-refractivity contribution is 0.269. The molecule has 4 heteroatoms. The van der Waals surface area contributed by atoms with Gasteiger partial charge in [0.1, 0.15) is 17.1 Å². The molecule has 4 nitrogen and oxygen atoms in total. The number of aliphatic hydroxyl groups is 1. The quantitative estimate of drug-likeness (QED) is 0.793. The summed E-state index contributed by atoms with van der Waals surface area (Å²) in [5.74, 6) is 1.60. The van der Waals surface area contributed by atoms with E-state index in [2.05, 4.69) is 24.9 Å². The second-order valence-electron chi connectivity index (χ2n) is 5.25. The molecule has 0 spiro atoms. The molecule has 0 saturated carbocycles. The van der Waals surface area contributed by atoms with Crippen LogP contribution in [0.4, 0.5) is 0 Å². The molecule has 1 N–H and O–H groups in total. The van der Waals surface area contributed by atoms with Crippen LogP contribution in [-0.4, -0.2) is 14.5 Å². The molecule has 0 atom stereocenters. The van der Waals surface area contributed by atoms with Gasteiger partial charge in [0.2, 0.25) is 5.88 Å². The topological polar surface area (TPSA) is 46.8 Å². The Bertz CT molecular complexity index is 762. The van der Waals surface area contributed by atoms with E-state index >= 15 is 0 Å². The van der Waals surface area contributed by atoms with Crippen LogP contribution in [0.5, 0.6) is 11.6 Å². The van der Waals surface area contributed by atoms with E-state index < -0.39 is 0 Å². The van der Waals surface area contributed by atoms with Gasteiger partial charge < -0.3 is 9.84 Å². The first-order valence-electron chi connectivity index (χ1n) is 7.04. The number of pyridine rings is 1. The summed E-state index contributed by atoms with van der Waals surface area (Å²) in [4.78, 5) is 4.46. The lowest BCUT2D eigenvalue weighted by Gasteiger charge is -2.12. The molecular formula is C17H18N2O2. The maximum Gasteiger partial charge on any atom is 0.243 e. The van der Waals surface area contributed by atoms with Crippen molar-refractivity contribution in [3.8, 4) is 11.6 Å². The molecule has 2 aromatic heterocycles. The average molecular weight is 282 g/mol. The van der Waals surface area contributed by atoms with Crippen molar-refractivity contribution in [3.63, 3.8) is 0 Å². The molecule has 0 saturated heterocycles. The Morgan fingerprint density at radius 2 is 1.90 bits per heavy atom. The minimum Gasteiger partial charge on any atom is -0.437 e. The van der Waals surface area contributed by atoms with Gasteiger partial charge in [-0.05, 0) is 29.7 Å². The van der Waals surface area contributed by atoms with E-state index in [1.807, 2.05) is 47.0 Å². The van der Waals surface area contributed by atoms with Gasteiger partial charge in [-0.2, -0.15) is 4.98 Å². The van der Waals surface area contributed by atoms with E-state index in [0.29, 0.717) is 17.5 Å². The Morgan fingerprint density at radius 3 is 2.67 bits per heavy atom. The summed E-state index contributed by atoms with van der Waals surface area (Å²) in [6.45, 7) is 4.13. The zero-order valence-corrected chi connectivity index (χ0v) is 12.2. The van der Waals surface area contributed by atoms with E-state index in [0.717, 1.165) is 17.0 Å². The Labute approximate surface area is 123 Å². The molecule has 0 fully saturated rings. The number of para-hydroxylation sites is 1. The van der Waals surface area contributed by atoms with Crippen molar-refractivity contribution in [2.45, 2.75) is 26.4 Å². The van der Waals surface area contributed by atoms with Crippen LogP contribution in [0.25, 0.3) is 5.65 Å². The molecule has 21 heavy (non-hydrogen) atoms. The van der Waals surface area contributed by atoms with Crippen molar-refractivity contribution in [3.05, 3.63) is 59.9 Å². The number of hydrogen-bond donors (Lipinski definition) is 1. The highest BCUT2D eigenvalue weighted by atomic mass is 16.5. The smallest absolute Gasteiger partial charge is 0.243 e. The molecule has 0 amide bonds. The summed E-state index contributed by atoms with van der Waals surface area (Å²) in [5.41, 5.74) is 2.54. The van der Waals surface area contributed by atoms with E-state index in [9.17, 15) is 5.11 Å². The first-order chi connectivity index (χ1) is 10.2. The van der Waals surface area contributed by atoms with Crippen molar-refractivity contribution < 1.29 is 9.84 Å². The number of ether oxygens (including phenoxy) is 1. The van der Waals surface area contributed by atoms with Crippen molar-refractivity contribution in [1.82, 2.24) is 9.38 Å². The van der Waals surface area contributed by atoms with Gasteiger partial charge in [0, 0.05) is 6.20 Å². The number of hydrogen-bond acceptors (Lipinski definition) is 3. The van der Waals surface area contributed by atoms with Crippen molar-refractivity contribution in [2.75, 3.05) is 0 Å². The largest absolute Gasteiger partial charge is 0.437 e. The lowest BCUT2D eigenvalue weighted by Crippen LogP contribution is -1.97. The molecule has 3 aromatic rings. The monoisotopic (exact) mass is 282 g/mol. The number of benzene rings is 1. The SMILES string of the molecule is CC(C)c1ccccc1Oc1nc2ccccn2c1CO. The highest BCUT2D eigenvalue weighted by molar-refractivity contribution is 5.47. The number of imidazole rings is 1. The molecule has 1 aromatic carbocycles. The average Bonchev–Trinajstić information content (AvgIpc) is 2.84. The van der Waals surface area contributed by atoms with Gasteiger partial charge in [-0.1, -0.05) is 38.1 Å². The maximum atomic E-state index is 9.62. The fourth-order valence-corrected chi connectivity index (χ4v) is 2.41. The molecule has 0 aliphatic carbocycles. The Kier molecular flexibility index (Phi) is 3.62. The van der Waals surface area contributed by atoms with Crippen LogP contribution >= 0.6 is 0 Å². The molecule has 0 radical (unpaired) electrons. The summed E-state index contributed by atoms with van der Waals surface area (Å²) in [6.07, 6.45) is 1.87. The van der Waals surface area contributed by atoms with Gasteiger partial charge in [-0.25, -0.2) is 0 Å². The number of aromatic nitrogens is 2. The third-order valence-corrected chi connectivity index (χ3v) is 3.49. The predicted octanol–water partition coefficient (Wildman–Crippen LogP) is 3.74. The van der Waals surface area contributed by atoms with Gasteiger partial charge >= 0.3 is 0 Å². The molecule has 0 unspecified atom stereocenters. The van der Waals surface area contributed by atoms with Gasteiger partial charge in [0.05, 0.1) is 6.61 Å². The van der Waals surface area contributed by atoms with Crippen LogP contribution in [0.2, 0.25) is 0 Å². The van der Waals surface area contributed by atoms with Gasteiger partial charge in [0.25, 0.3) is 0 Å². The Morgan fingerprint density at radius 1 is 1.14 bits per heavy atom. The Balaban J connectivity index is 2.06. The maximum absolute atomic E-state index is 9.62. The van der Waals surface area contributed by atoms with Crippen molar-refractivity contribution in [2.24, 2.45) is 0 Å². The van der Waals surface area contributed by atoms with Crippen LogP contribution in [0.1, 0.15) is 31.0 Å². The zero-order chi connectivity index (χ0) is 14.8. The van der Waals surface area contributed by atoms with Crippen LogP contribution in [0.3, 0.4) is 0 Å². The van der Waals surface area contributed by atoms with Crippen LogP contribution in [0, 0.1) is 0 Å². The van der Waals surface area contributed by atoms with E-state index in [4.69, 9.17) is 4.74 Å². The summed E-state index contributed by atoms with van der Waals surface area (Å²) < 4.78 is 7.83. The lowest BCUT2D eigenvalue weighted by atomic mass is 10.0. The van der Waals surface area contributed by atoms with Gasteiger partial charge in [-0.3, -0.25) is 4.40 Å². The molecule has 2 heterocycles. The van der Waals surface area contributed by atoms with Gasteiger partial charge in [-0.15, -0.1) is 0 Å². The minimum atomic E-state index is -0.121. The first kappa shape index (κ1) is 13.6.